The Kier molecular flexibility index (Phi) is 55.4. The van der Waals surface area contributed by atoms with E-state index in [1.54, 1.807) is 0 Å². The molecule has 0 aliphatic carbocycles. The van der Waals surface area contributed by atoms with Crippen LogP contribution in [0.1, 0.15) is 409 Å². The molecule has 6 heteroatoms. The fourth-order valence-corrected chi connectivity index (χ4v) is 34.7. The van der Waals surface area contributed by atoms with Gasteiger partial charge in [0.1, 0.15) is 0 Å². The predicted octanol–water partition coefficient (Wildman–Crippen LogP) is 28.4. The fourth-order valence-electron chi connectivity index (χ4n) is 13.9. The minimum Gasteiger partial charge on any atom is -0.0654 e. The van der Waals surface area contributed by atoms with Crippen molar-refractivity contribution in [3.63, 3.8) is 0 Å². The minimum absolute atomic E-state index is 0.684. The third-order valence-electron chi connectivity index (χ3n) is 19.1. The van der Waals surface area contributed by atoms with E-state index in [9.17, 15) is 0 Å². The second-order valence-corrected chi connectivity index (χ2v) is 40.9. The molecule has 0 bridgehead atoms. The molecule has 0 aliphatic heterocycles. The van der Waals surface area contributed by atoms with Gasteiger partial charge in [-0.2, -0.15) is 0 Å². The monoisotopic (exact) mass is 1160 g/mol. The van der Waals surface area contributed by atoms with E-state index in [-0.39, 0.29) is 0 Å². The average molecular weight is 1160 g/mol. The molecule has 0 N–H and O–H groups in total. The van der Waals surface area contributed by atoms with Crippen LogP contribution >= 0.6 is 21.3 Å². The quantitative estimate of drug-likeness (QED) is 0.0450. The zero-order valence-corrected chi connectivity index (χ0v) is 58.8. The standard InChI is InChI=1S/C72H153O3P3/c1-10-19-28-37-40-42-44-46-48-50-53-62-71-77(65-56-31-22-13-4,66-57-32-23-14-5,67-58-33-24-15-6)74-76(73,64-55-52-39-30-21-12-3)75-78(68-59-34-25-16-7,69-60-35-26-17-8,70-61-36-27-18-9)72-63-54-51-49-47-45-43-41-38-29-20-11-2/h10-72H2,1-9H3. The first-order valence-corrected chi connectivity index (χ1v) is 44.6. The van der Waals surface area contributed by atoms with E-state index in [4.69, 9.17) is 8.62 Å². The summed E-state index contributed by atoms with van der Waals surface area (Å²) in [5, 5.41) is 0. The Hall–Kier alpha value is 1.01. The van der Waals surface area contributed by atoms with Gasteiger partial charge in [-0.15, -0.1) is 0 Å². The first-order chi connectivity index (χ1) is 38.1. The Labute approximate surface area is 496 Å². The van der Waals surface area contributed by atoms with E-state index in [1.165, 1.54) is 390 Å². The summed E-state index contributed by atoms with van der Waals surface area (Å²) in [7, 11) is -3.54. The van der Waals surface area contributed by atoms with Gasteiger partial charge in [-0.3, -0.25) is 0 Å². The second-order valence-electron chi connectivity index (χ2n) is 26.9. The third kappa shape index (κ3) is 41.1. The molecule has 0 radical (unpaired) electrons. The van der Waals surface area contributed by atoms with Crippen LogP contribution in [0, 0.1) is 0 Å². The topological polar surface area (TPSA) is 35.5 Å². The van der Waals surface area contributed by atoms with Gasteiger partial charge < -0.3 is 0 Å². The molecule has 0 amide bonds. The molecule has 0 spiro atoms. The molecule has 0 heterocycles. The second kappa shape index (κ2) is 54.6. The molecule has 0 fully saturated rings. The summed E-state index contributed by atoms with van der Waals surface area (Å²) >= 11 is 0. The summed E-state index contributed by atoms with van der Waals surface area (Å²) < 4.78 is 35.0. The number of rotatable bonds is 67. The maximum absolute atomic E-state index is 17.7. The Morgan fingerprint density at radius 3 is 0.487 bits per heavy atom. The normalized spacial score (nSPS) is 14.2. The summed E-state index contributed by atoms with van der Waals surface area (Å²) in [6.45, 7) is 15.3. The number of unbranched alkanes of at least 4 members (excludes halogenated alkanes) is 45. The Morgan fingerprint density at radius 1 is 0.192 bits per heavy atom. The van der Waals surface area contributed by atoms with E-state index < -0.39 is 21.3 Å². The van der Waals surface area contributed by atoms with Crippen LogP contribution in [0.4, 0.5) is 0 Å². The molecule has 0 atom stereocenters. The van der Waals surface area contributed by atoms with E-state index >= 15 is 4.57 Å². The summed E-state index contributed by atoms with van der Waals surface area (Å²) in [6, 6.07) is 0. The van der Waals surface area contributed by atoms with Gasteiger partial charge in [0.15, 0.2) is 0 Å². The molecule has 78 heavy (non-hydrogen) atoms. The molecule has 474 valence electrons. The van der Waals surface area contributed by atoms with Gasteiger partial charge in [0.25, 0.3) is 0 Å². The van der Waals surface area contributed by atoms with Gasteiger partial charge in [0.2, 0.25) is 0 Å². The van der Waals surface area contributed by atoms with E-state index in [0.717, 1.165) is 6.42 Å². The van der Waals surface area contributed by atoms with E-state index in [2.05, 4.69) is 62.3 Å². The number of hydrogen-bond acceptors (Lipinski definition) is 3. The predicted molar refractivity (Wildman–Crippen MR) is 368 cm³/mol. The first-order valence-electron chi connectivity index (χ1n) is 37.1. The molecular weight excluding hydrogens is 1010 g/mol. The van der Waals surface area contributed by atoms with Crippen molar-refractivity contribution in [1.82, 2.24) is 0 Å². The van der Waals surface area contributed by atoms with Crippen LogP contribution in [0.5, 0.6) is 0 Å². The molecular formula is C72H153O3P3. The van der Waals surface area contributed by atoms with Gasteiger partial charge in [-0.25, -0.2) is 0 Å². The molecule has 0 aromatic heterocycles. The van der Waals surface area contributed by atoms with Gasteiger partial charge in [0.05, 0.1) is 0 Å². The summed E-state index contributed by atoms with van der Waals surface area (Å²) in [4.78, 5) is 0. The summed E-state index contributed by atoms with van der Waals surface area (Å²) in [6.07, 6.45) is 81.8. The van der Waals surface area contributed by atoms with Gasteiger partial charge in [-0.05, 0) is 0 Å². The van der Waals surface area contributed by atoms with Crippen molar-refractivity contribution >= 4 is 21.3 Å². The maximum atomic E-state index is 17.7. The van der Waals surface area contributed by atoms with Crippen molar-refractivity contribution < 1.29 is 13.2 Å². The SMILES string of the molecule is CCCCCCCCCCCCCCP(CCCCCC)(CCCCCC)(CCCCCC)OP(=O)(CCCCCCCC)OP(CCCCCC)(CCCCCC)(CCCCCC)CCCCCCCCCCCCCC. The van der Waals surface area contributed by atoms with Gasteiger partial charge >= 0.3 is 472 Å². The van der Waals surface area contributed by atoms with Crippen LogP contribution in [0.15, 0.2) is 0 Å². The minimum atomic E-state index is -3.54. The number of hydrogen-bond donors (Lipinski definition) is 0. The van der Waals surface area contributed by atoms with Gasteiger partial charge in [-0.1, -0.05) is 26.7 Å². The van der Waals surface area contributed by atoms with E-state index in [0.29, 0.717) is 6.16 Å². The van der Waals surface area contributed by atoms with Gasteiger partial charge in [0, 0.05) is 0 Å². The van der Waals surface area contributed by atoms with Crippen LogP contribution in [0.2, 0.25) is 0 Å². The molecule has 0 aromatic rings. The van der Waals surface area contributed by atoms with Crippen molar-refractivity contribution in [2.45, 2.75) is 409 Å². The van der Waals surface area contributed by atoms with Crippen LogP contribution in [0.25, 0.3) is 0 Å². The van der Waals surface area contributed by atoms with Crippen molar-refractivity contribution in [2.75, 3.05) is 55.5 Å². The molecule has 0 aromatic carbocycles. The summed E-state index contributed by atoms with van der Waals surface area (Å²) in [5.74, 6) is 0. The van der Waals surface area contributed by atoms with Crippen LogP contribution < -0.4 is 0 Å². The van der Waals surface area contributed by atoms with Crippen molar-refractivity contribution in [2.24, 2.45) is 0 Å². The molecule has 0 unspecified atom stereocenters. The molecule has 0 saturated heterocycles. The summed E-state index contributed by atoms with van der Waals surface area (Å²) in [5.41, 5.74) is 0. The zero-order chi connectivity index (χ0) is 57.4. The van der Waals surface area contributed by atoms with Crippen LogP contribution in [0.3, 0.4) is 0 Å². The average Bonchev–Trinajstić information content (AvgIpc) is 3.43. The first kappa shape index (κ1) is 79.0. The van der Waals surface area contributed by atoms with Crippen molar-refractivity contribution in [3.8, 4) is 0 Å². The van der Waals surface area contributed by atoms with Crippen LogP contribution in [-0.4, -0.2) is 55.5 Å². The third-order valence-corrected chi connectivity index (χ3v) is 37.2. The Morgan fingerprint density at radius 2 is 0.321 bits per heavy atom. The molecule has 0 saturated carbocycles. The van der Waals surface area contributed by atoms with Crippen LogP contribution in [-0.2, 0) is 13.2 Å². The van der Waals surface area contributed by atoms with Crippen molar-refractivity contribution in [1.29, 1.82) is 0 Å². The smallest absolute Gasteiger partial charge is 0.0654 e. The fraction of sp³-hybridized carbons (Fsp3) is 1.00. The Bertz CT molecular complexity index is 1120. The molecule has 0 rings (SSSR count). The van der Waals surface area contributed by atoms with E-state index in [1.807, 2.05) is 0 Å². The molecule has 3 nitrogen and oxygen atoms in total. The zero-order valence-electron chi connectivity index (χ0n) is 56.1. The van der Waals surface area contributed by atoms with Crippen molar-refractivity contribution in [3.05, 3.63) is 0 Å². The Balaban J connectivity index is 7.95. The molecule has 0 aliphatic rings.